The van der Waals surface area contributed by atoms with E-state index in [0.717, 1.165) is 37.4 Å². The van der Waals surface area contributed by atoms with Gasteiger partial charge in [-0.25, -0.2) is 0 Å². The second-order valence-corrected chi connectivity index (χ2v) is 7.65. The van der Waals surface area contributed by atoms with Crippen LogP contribution in [-0.2, 0) is 16.1 Å². The van der Waals surface area contributed by atoms with Gasteiger partial charge in [-0.1, -0.05) is 30.3 Å². The monoisotopic (exact) mass is 391 g/mol. The molecule has 1 unspecified atom stereocenters. The molecule has 0 spiro atoms. The molecule has 0 saturated carbocycles. The predicted octanol–water partition coefficient (Wildman–Crippen LogP) is 2.34. The van der Waals surface area contributed by atoms with Crippen LogP contribution in [0.15, 0.2) is 54.6 Å². The van der Waals surface area contributed by atoms with E-state index < -0.39 is 0 Å². The highest BCUT2D eigenvalue weighted by atomic mass is 16.2. The van der Waals surface area contributed by atoms with E-state index in [9.17, 15) is 14.4 Å². The summed E-state index contributed by atoms with van der Waals surface area (Å²) in [5.41, 5.74) is 2.75. The number of hydrogen-bond donors (Lipinski definition) is 0. The van der Waals surface area contributed by atoms with Gasteiger partial charge in [-0.3, -0.25) is 24.2 Å². The smallest absolute Gasteiger partial charge is 0.247 e. The average molecular weight is 391 g/mol. The van der Waals surface area contributed by atoms with Crippen LogP contribution in [-0.4, -0.2) is 59.6 Å². The highest BCUT2D eigenvalue weighted by molar-refractivity contribution is 6.05. The molecule has 2 saturated heterocycles. The van der Waals surface area contributed by atoms with Gasteiger partial charge in [0.25, 0.3) is 0 Å². The molecule has 2 fully saturated rings. The molecule has 2 heterocycles. The Morgan fingerprint density at radius 3 is 2.21 bits per heavy atom. The van der Waals surface area contributed by atoms with Gasteiger partial charge < -0.3 is 4.90 Å². The lowest BCUT2D eigenvalue weighted by Gasteiger charge is -2.38. The molecule has 0 N–H and O–H groups in total. The molecule has 2 aromatic rings. The third-order valence-electron chi connectivity index (χ3n) is 5.80. The Hall–Kier alpha value is -2.99. The summed E-state index contributed by atoms with van der Waals surface area (Å²) in [7, 11) is 0. The van der Waals surface area contributed by atoms with Gasteiger partial charge in [0, 0.05) is 37.4 Å². The molecule has 2 amide bonds. The Morgan fingerprint density at radius 1 is 0.931 bits per heavy atom. The Labute approximate surface area is 170 Å². The molecule has 0 radical (unpaired) electrons. The largest absolute Gasteiger partial charge is 0.369 e. The molecule has 6 nitrogen and oxygen atoms in total. The maximum absolute atomic E-state index is 12.9. The van der Waals surface area contributed by atoms with Crippen molar-refractivity contribution in [3.8, 4) is 0 Å². The first-order chi connectivity index (χ1) is 14.0. The highest BCUT2D eigenvalue weighted by Crippen LogP contribution is 2.24. The SMILES string of the molecule is CC(=O)c1ccc(N2CCN(C3CC(=O)N(Cc4ccccc4)C3=O)CC2)cc1. The number of amides is 2. The summed E-state index contributed by atoms with van der Waals surface area (Å²) >= 11 is 0. The third kappa shape index (κ3) is 4.07. The number of Topliss-reactive ketones (excluding diaryl/α,β-unsaturated/α-hetero) is 1. The van der Waals surface area contributed by atoms with Crippen molar-refractivity contribution in [2.45, 2.75) is 25.9 Å². The van der Waals surface area contributed by atoms with Crippen LogP contribution >= 0.6 is 0 Å². The minimum absolute atomic E-state index is 0.0610. The van der Waals surface area contributed by atoms with Crippen molar-refractivity contribution in [1.82, 2.24) is 9.80 Å². The summed E-state index contributed by atoms with van der Waals surface area (Å²) in [6.07, 6.45) is 0.263. The zero-order valence-electron chi connectivity index (χ0n) is 16.6. The minimum atomic E-state index is -0.353. The molecule has 150 valence electrons. The average Bonchev–Trinajstić information content (AvgIpc) is 3.03. The van der Waals surface area contributed by atoms with Crippen LogP contribution in [0, 0.1) is 0 Å². The van der Waals surface area contributed by atoms with E-state index in [1.807, 2.05) is 54.6 Å². The number of carbonyl (C=O) groups excluding carboxylic acids is 3. The number of imide groups is 1. The minimum Gasteiger partial charge on any atom is -0.369 e. The van der Waals surface area contributed by atoms with Gasteiger partial charge in [0.1, 0.15) is 0 Å². The molecule has 1 atom stereocenters. The number of ketones is 1. The molecule has 6 heteroatoms. The van der Waals surface area contributed by atoms with E-state index >= 15 is 0 Å². The number of hydrogen-bond acceptors (Lipinski definition) is 5. The molecular weight excluding hydrogens is 366 g/mol. The molecule has 2 aliphatic rings. The maximum atomic E-state index is 12.9. The Balaban J connectivity index is 1.36. The standard InChI is InChI=1S/C23H25N3O3/c1-17(27)19-7-9-20(10-8-19)24-11-13-25(14-12-24)21-15-22(28)26(23(21)29)16-18-5-3-2-4-6-18/h2-10,21H,11-16H2,1H3. The number of nitrogens with zero attached hydrogens (tertiary/aromatic N) is 3. The fraction of sp³-hybridized carbons (Fsp3) is 0.348. The number of benzene rings is 2. The summed E-state index contributed by atoms with van der Waals surface area (Å²) in [6.45, 7) is 4.95. The van der Waals surface area contributed by atoms with E-state index in [2.05, 4.69) is 9.80 Å². The first kappa shape index (κ1) is 19.3. The lowest BCUT2D eigenvalue weighted by Crippen LogP contribution is -2.52. The van der Waals surface area contributed by atoms with Gasteiger partial charge in [-0.15, -0.1) is 0 Å². The Morgan fingerprint density at radius 2 is 1.59 bits per heavy atom. The normalized spacial score (nSPS) is 20.4. The molecule has 0 bridgehead atoms. The zero-order chi connectivity index (χ0) is 20.4. The molecule has 0 aliphatic carbocycles. The lowest BCUT2D eigenvalue weighted by atomic mass is 10.1. The van der Waals surface area contributed by atoms with Gasteiger partial charge >= 0.3 is 0 Å². The fourth-order valence-electron chi connectivity index (χ4n) is 4.08. The van der Waals surface area contributed by atoms with Crippen molar-refractivity contribution in [3.63, 3.8) is 0 Å². The molecular formula is C23H25N3O3. The Kier molecular flexibility index (Phi) is 5.45. The van der Waals surface area contributed by atoms with E-state index in [1.165, 1.54) is 4.90 Å². The number of anilines is 1. The summed E-state index contributed by atoms with van der Waals surface area (Å²) in [6, 6.07) is 16.9. The summed E-state index contributed by atoms with van der Waals surface area (Å²) < 4.78 is 0. The summed E-state index contributed by atoms with van der Waals surface area (Å²) in [5.74, 6) is -0.116. The van der Waals surface area contributed by atoms with Crippen LogP contribution in [0.25, 0.3) is 0 Å². The third-order valence-corrected chi connectivity index (χ3v) is 5.80. The topological polar surface area (TPSA) is 60.9 Å². The van der Waals surface area contributed by atoms with Crippen LogP contribution in [0.5, 0.6) is 0 Å². The summed E-state index contributed by atoms with van der Waals surface area (Å²) in [4.78, 5) is 42.6. The maximum Gasteiger partial charge on any atom is 0.247 e. The van der Waals surface area contributed by atoms with E-state index in [4.69, 9.17) is 0 Å². The van der Waals surface area contributed by atoms with Gasteiger partial charge in [0.2, 0.25) is 11.8 Å². The zero-order valence-corrected chi connectivity index (χ0v) is 16.6. The van der Waals surface area contributed by atoms with Crippen molar-refractivity contribution < 1.29 is 14.4 Å². The number of rotatable bonds is 5. The lowest BCUT2D eigenvalue weighted by molar-refractivity contribution is -0.140. The molecule has 2 aromatic carbocycles. The second-order valence-electron chi connectivity index (χ2n) is 7.65. The van der Waals surface area contributed by atoms with E-state index in [1.54, 1.807) is 6.92 Å². The molecule has 2 aliphatic heterocycles. The van der Waals surface area contributed by atoms with Crippen molar-refractivity contribution in [2.75, 3.05) is 31.1 Å². The predicted molar refractivity (Wildman–Crippen MR) is 111 cm³/mol. The highest BCUT2D eigenvalue weighted by Gasteiger charge is 2.42. The van der Waals surface area contributed by atoms with Crippen molar-refractivity contribution >= 4 is 23.3 Å². The Bertz CT molecular complexity index is 903. The number of carbonyl (C=O) groups is 3. The van der Waals surface area contributed by atoms with Crippen LogP contribution < -0.4 is 4.90 Å². The summed E-state index contributed by atoms with van der Waals surface area (Å²) in [5, 5.41) is 0. The van der Waals surface area contributed by atoms with Crippen molar-refractivity contribution in [3.05, 3.63) is 65.7 Å². The quantitative estimate of drug-likeness (QED) is 0.578. The van der Waals surface area contributed by atoms with E-state index in [0.29, 0.717) is 12.1 Å². The molecule has 29 heavy (non-hydrogen) atoms. The first-order valence-electron chi connectivity index (χ1n) is 10.0. The molecule has 0 aromatic heterocycles. The second kappa shape index (κ2) is 8.17. The van der Waals surface area contributed by atoms with Gasteiger partial charge in [0.05, 0.1) is 19.0 Å². The van der Waals surface area contributed by atoms with Gasteiger partial charge in [-0.2, -0.15) is 0 Å². The number of likely N-dealkylation sites (tertiary alicyclic amines) is 1. The van der Waals surface area contributed by atoms with Crippen molar-refractivity contribution in [1.29, 1.82) is 0 Å². The number of piperazine rings is 1. The first-order valence-corrected chi connectivity index (χ1v) is 10.0. The molecule has 4 rings (SSSR count). The van der Waals surface area contributed by atoms with Crippen LogP contribution in [0.1, 0.15) is 29.3 Å². The van der Waals surface area contributed by atoms with Gasteiger partial charge in [-0.05, 0) is 36.8 Å². The van der Waals surface area contributed by atoms with E-state index in [-0.39, 0.29) is 30.1 Å². The van der Waals surface area contributed by atoms with Crippen molar-refractivity contribution in [2.24, 2.45) is 0 Å². The fourth-order valence-corrected chi connectivity index (χ4v) is 4.08. The van der Waals surface area contributed by atoms with Gasteiger partial charge in [0.15, 0.2) is 5.78 Å². The van der Waals surface area contributed by atoms with Crippen LogP contribution in [0.4, 0.5) is 5.69 Å². The van der Waals surface area contributed by atoms with Crippen LogP contribution in [0.3, 0.4) is 0 Å². The van der Waals surface area contributed by atoms with Crippen LogP contribution in [0.2, 0.25) is 0 Å².